The third kappa shape index (κ3) is 3.87. The number of aromatic nitrogens is 1. The van der Waals surface area contributed by atoms with Crippen molar-refractivity contribution in [3.05, 3.63) is 40.8 Å². The van der Waals surface area contributed by atoms with Crippen molar-refractivity contribution >= 4 is 21.8 Å². The lowest BCUT2D eigenvalue weighted by Gasteiger charge is -2.35. The largest absolute Gasteiger partial charge is 0.441 e. The first kappa shape index (κ1) is 17.2. The quantitative estimate of drug-likeness (QED) is 0.847. The van der Waals surface area contributed by atoms with E-state index in [1.165, 1.54) is 0 Å². The van der Waals surface area contributed by atoms with Gasteiger partial charge in [0.1, 0.15) is 0 Å². The van der Waals surface area contributed by atoms with Gasteiger partial charge in [-0.05, 0) is 25.3 Å². The highest BCUT2D eigenvalue weighted by Gasteiger charge is 2.25. The van der Waals surface area contributed by atoms with Gasteiger partial charge in [-0.1, -0.05) is 34.1 Å². The molecule has 1 aliphatic heterocycles. The fraction of sp³-hybridized carbons (Fsp3) is 0.444. The number of nitrogens with two attached hydrogens (primary N) is 1. The second-order valence-corrected chi connectivity index (χ2v) is 6.92. The van der Waals surface area contributed by atoms with Gasteiger partial charge in [0.25, 0.3) is 0 Å². The lowest BCUT2D eigenvalue weighted by Crippen LogP contribution is -2.47. The van der Waals surface area contributed by atoms with Crippen molar-refractivity contribution in [1.29, 1.82) is 0 Å². The van der Waals surface area contributed by atoms with E-state index >= 15 is 0 Å². The Hall–Kier alpha value is -1.66. The van der Waals surface area contributed by atoms with Gasteiger partial charge in [0.05, 0.1) is 6.20 Å². The average molecular weight is 392 g/mol. The first-order valence-corrected chi connectivity index (χ1v) is 9.17. The van der Waals surface area contributed by atoms with Gasteiger partial charge in [-0.15, -0.1) is 0 Å². The minimum Gasteiger partial charge on any atom is -0.441 e. The van der Waals surface area contributed by atoms with E-state index in [0.717, 1.165) is 35.8 Å². The zero-order valence-corrected chi connectivity index (χ0v) is 15.2. The lowest BCUT2D eigenvalue weighted by atomic mass is 10.0. The molecule has 0 bridgehead atoms. The molecule has 3 rings (SSSR count). The van der Waals surface area contributed by atoms with E-state index in [2.05, 4.69) is 20.9 Å². The summed E-state index contributed by atoms with van der Waals surface area (Å²) in [5.74, 6) is 1.45. The number of carbonyl (C=O) groups excluding carboxylic acids is 1. The van der Waals surface area contributed by atoms with Gasteiger partial charge in [0.15, 0.2) is 11.7 Å². The summed E-state index contributed by atoms with van der Waals surface area (Å²) in [5, 5.41) is 0. The zero-order chi connectivity index (χ0) is 16.9. The predicted octanol–water partition coefficient (Wildman–Crippen LogP) is 3.38. The smallest absolute Gasteiger partial charge is 0.223 e. The highest BCUT2D eigenvalue weighted by molar-refractivity contribution is 9.10. The van der Waals surface area contributed by atoms with Crippen LogP contribution in [0.3, 0.4) is 0 Å². The number of halogens is 1. The molecule has 5 nitrogen and oxygen atoms in total. The van der Waals surface area contributed by atoms with Gasteiger partial charge in [-0.3, -0.25) is 4.79 Å². The molecule has 1 amide bonds. The van der Waals surface area contributed by atoms with Crippen molar-refractivity contribution in [3.63, 3.8) is 0 Å². The molecule has 2 aromatic rings. The van der Waals surface area contributed by atoms with E-state index in [1.807, 2.05) is 29.2 Å². The molecule has 1 aromatic carbocycles. The first-order valence-electron chi connectivity index (χ1n) is 8.38. The summed E-state index contributed by atoms with van der Waals surface area (Å²) in [7, 11) is 0. The molecule has 0 saturated carbocycles. The van der Waals surface area contributed by atoms with Crippen LogP contribution in [0.15, 0.2) is 39.4 Å². The molecule has 0 radical (unpaired) electrons. The van der Waals surface area contributed by atoms with Crippen molar-refractivity contribution in [2.45, 2.75) is 38.1 Å². The third-order valence-electron chi connectivity index (χ3n) is 4.47. The van der Waals surface area contributed by atoms with E-state index in [9.17, 15) is 4.79 Å². The van der Waals surface area contributed by atoms with Crippen molar-refractivity contribution in [2.24, 2.45) is 5.73 Å². The van der Waals surface area contributed by atoms with Crippen molar-refractivity contribution in [3.8, 4) is 11.3 Å². The van der Waals surface area contributed by atoms with Gasteiger partial charge in [0, 0.05) is 42.0 Å². The normalized spacial score (nSPS) is 17.9. The van der Waals surface area contributed by atoms with Gasteiger partial charge in [0.2, 0.25) is 5.91 Å². The number of aryl methyl sites for hydroxylation is 1. The number of hydrogen-bond acceptors (Lipinski definition) is 4. The van der Waals surface area contributed by atoms with E-state index in [4.69, 9.17) is 10.2 Å². The maximum atomic E-state index is 12.5. The first-order chi connectivity index (χ1) is 11.7. The summed E-state index contributed by atoms with van der Waals surface area (Å²) in [4.78, 5) is 18.7. The summed E-state index contributed by atoms with van der Waals surface area (Å²) in [6, 6.07) is 8.03. The summed E-state index contributed by atoms with van der Waals surface area (Å²) in [6.07, 6.45) is 5.86. The molecular weight excluding hydrogens is 370 g/mol. The molecule has 1 fully saturated rings. The van der Waals surface area contributed by atoms with Crippen LogP contribution in [-0.4, -0.2) is 34.9 Å². The molecule has 1 aromatic heterocycles. The van der Waals surface area contributed by atoms with Gasteiger partial charge >= 0.3 is 0 Å². The summed E-state index contributed by atoms with van der Waals surface area (Å²) in [5.41, 5.74) is 6.75. The summed E-state index contributed by atoms with van der Waals surface area (Å²) in [6.45, 7) is 1.35. The third-order valence-corrected chi connectivity index (χ3v) is 5.16. The van der Waals surface area contributed by atoms with Crippen LogP contribution in [0.1, 0.15) is 31.6 Å². The van der Waals surface area contributed by atoms with E-state index in [1.54, 1.807) is 6.20 Å². The molecule has 1 atom stereocenters. The molecule has 2 heterocycles. The average Bonchev–Trinajstić information content (AvgIpc) is 3.08. The monoisotopic (exact) mass is 391 g/mol. The van der Waals surface area contributed by atoms with Gasteiger partial charge in [-0.25, -0.2) is 4.98 Å². The molecule has 0 aliphatic carbocycles. The number of amides is 1. The minimum atomic E-state index is 0.144. The Morgan fingerprint density at radius 1 is 1.38 bits per heavy atom. The highest BCUT2D eigenvalue weighted by atomic mass is 79.9. The molecule has 1 saturated heterocycles. The van der Waals surface area contributed by atoms with Crippen LogP contribution in [-0.2, 0) is 11.2 Å². The van der Waals surface area contributed by atoms with Crippen LogP contribution in [0.25, 0.3) is 11.3 Å². The van der Waals surface area contributed by atoms with E-state index in [0.29, 0.717) is 31.0 Å². The van der Waals surface area contributed by atoms with Crippen LogP contribution in [0, 0.1) is 0 Å². The van der Waals surface area contributed by atoms with Gasteiger partial charge in [-0.2, -0.15) is 0 Å². The molecule has 6 heteroatoms. The molecule has 0 spiro atoms. The molecule has 1 aliphatic rings. The van der Waals surface area contributed by atoms with Crippen LogP contribution in [0.4, 0.5) is 0 Å². The zero-order valence-electron chi connectivity index (χ0n) is 13.6. The maximum absolute atomic E-state index is 12.5. The Labute approximate surface area is 150 Å². The topological polar surface area (TPSA) is 72.4 Å². The number of piperidine rings is 1. The van der Waals surface area contributed by atoms with Gasteiger partial charge < -0.3 is 15.1 Å². The predicted molar refractivity (Wildman–Crippen MR) is 96.4 cm³/mol. The number of hydrogen-bond donors (Lipinski definition) is 1. The van der Waals surface area contributed by atoms with Crippen LogP contribution < -0.4 is 5.73 Å². The van der Waals surface area contributed by atoms with E-state index in [-0.39, 0.29) is 11.9 Å². The summed E-state index contributed by atoms with van der Waals surface area (Å²) < 4.78 is 6.77. The van der Waals surface area contributed by atoms with Crippen LogP contribution in [0.2, 0.25) is 0 Å². The number of oxazole rings is 1. The standard InChI is InChI=1S/C18H22BrN3O2/c19-15-7-2-1-6-14(15)16-12-21-17(24-16)8-9-18(23)22-10-4-3-5-13(22)11-20/h1-2,6-7,12-13H,3-5,8-11,20H2/t13-/m0/s1. The van der Waals surface area contributed by atoms with Crippen molar-refractivity contribution in [1.82, 2.24) is 9.88 Å². The SMILES string of the molecule is NC[C@@H]1CCCCN1C(=O)CCc1ncc(-c2ccccc2Br)o1. The molecular formula is C18H22BrN3O2. The lowest BCUT2D eigenvalue weighted by molar-refractivity contribution is -0.134. The Morgan fingerprint density at radius 3 is 3.00 bits per heavy atom. The fourth-order valence-electron chi connectivity index (χ4n) is 3.14. The number of rotatable bonds is 5. The van der Waals surface area contributed by atoms with Crippen LogP contribution >= 0.6 is 15.9 Å². The Kier molecular flexibility index (Phi) is 5.68. The maximum Gasteiger partial charge on any atom is 0.223 e. The summed E-state index contributed by atoms with van der Waals surface area (Å²) >= 11 is 3.51. The molecule has 0 unspecified atom stereocenters. The highest BCUT2D eigenvalue weighted by Crippen LogP contribution is 2.28. The second kappa shape index (κ2) is 7.94. The number of likely N-dealkylation sites (tertiary alicyclic amines) is 1. The van der Waals surface area contributed by atoms with Crippen molar-refractivity contribution in [2.75, 3.05) is 13.1 Å². The van der Waals surface area contributed by atoms with Crippen LogP contribution in [0.5, 0.6) is 0 Å². The number of nitrogens with zero attached hydrogens (tertiary/aromatic N) is 2. The Balaban J connectivity index is 1.61. The fourth-order valence-corrected chi connectivity index (χ4v) is 3.62. The molecule has 24 heavy (non-hydrogen) atoms. The van der Waals surface area contributed by atoms with E-state index < -0.39 is 0 Å². The Bertz CT molecular complexity index is 701. The van der Waals surface area contributed by atoms with Crippen molar-refractivity contribution < 1.29 is 9.21 Å². The minimum absolute atomic E-state index is 0.144. The second-order valence-electron chi connectivity index (χ2n) is 6.07. The molecule has 128 valence electrons. The number of benzene rings is 1. The number of carbonyl (C=O) groups is 1. The molecule has 2 N–H and O–H groups in total. The Morgan fingerprint density at radius 2 is 2.21 bits per heavy atom.